The molecule has 3 rings (SSSR count). The highest BCUT2D eigenvalue weighted by molar-refractivity contribution is 6.44. The third-order valence-corrected chi connectivity index (χ3v) is 4.83. The number of benzene rings is 2. The van der Waals surface area contributed by atoms with Crippen LogP contribution in [0.4, 0.5) is 5.69 Å². The van der Waals surface area contributed by atoms with Gasteiger partial charge in [-0.15, -0.1) is 0 Å². The van der Waals surface area contributed by atoms with Gasteiger partial charge in [0, 0.05) is 17.3 Å². The molecule has 0 fully saturated rings. The summed E-state index contributed by atoms with van der Waals surface area (Å²) >= 11 is 12.3. The van der Waals surface area contributed by atoms with Crippen LogP contribution in [0.1, 0.15) is 22.8 Å². The zero-order valence-electron chi connectivity index (χ0n) is 15.1. The smallest absolute Gasteiger partial charge is 0.296 e. The summed E-state index contributed by atoms with van der Waals surface area (Å²) < 4.78 is 1.47. The van der Waals surface area contributed by atoms with E-state index in [1.165, 1.54) is 16.7 Å². The lowest BCUT2D eigenvalue weighted by Crippen LogP contribution is -2.20. The Morgan fingerprint density at radius 2 is 1.75 bits per heavy atom. The third kappa shape index (κ3) is 3.72. The summed E-state index contributed by atoms with van der Waals surface area (Å²) in [4.78, 5) is 36.5. The fourth-order valence-corrected chi connectivity index (χ4v) is 3.44. The van der Waals surface area contributed by atoms with Crippen LogP contribution in [0.3, 0.4) is 0 Å². The molecule has 0 aliphatic carbocycles. The normalized spacial score (nSPS) is 11.1. The number of hydrogen-bond acceptors (Lipinski definition) is 3. The molecule has 0 saturated heterocycles. The minimum atomic E-state index is -0.728. The Morgan fingerprint density at radius 3 is 2.39 bits per heavy atom. The maximum absolute atomic E-state index is 13.0. The van der Waals surface area contributed by atoms with E-state index in [4.69, 9.17) is 23.2 Å². The molecule has 0 spiro atoms. The largest absolute Gasteiger partial charge is 0.319 e. The number of fused-ring (bicyclic) bond motifs is 1. The van der Waals surface area contributed by atoms with E-state index in [0.717, 1.165) is 10.9 Å². The molecule has 7 heteroatoms. The second-order valence-corrected chi connectivity index (χ2v) is 6.95. The van der Waals surface area contributed by atoms with Gasteiger partial charge in [0.2, 0.25) is 5.78 Å². The number of ketones is 1. The Balaban J connectivity index is 2.00. The molecule has 1 aromatic heterocycles. The molecule has 0 radical (unpaired) electrons. The molecule has 0 aliphatic rings. The number of amides is 1. The number of nitrogens with zero attached hydrogens (tertiary/aromatic N) is 1. The van der Waals surface area contributed by atoms with Crippen molar-refractivity contribution in [1.29, 1.82) is 0 Å². The van der Waals surface area contributed by atoms with Gasteiger partial charge in [0.25, 0.3) is 11.8 Å². The van der Waals surface area contributed by atoms with Crippen molar-refractivity contribution in [2.45, 2.75) is 13.8 Å². The van der Waals surface area contributed by atoms with Crippen LogP contribution in [0.25, 0.3) is 10.9 Å². The van der Waals surface area contributed by atoms with E-state index in [1.54, 1.807) is 49.5 Å². The lowest BCUT2D eigenvalue weighted by atomic mass is 10.1. The van der Waals surface area contributed by atoms with Gasteiger partial charge < -0.3 is 5.32 Å². The van der Waals surface area contributed by atoms with Gasteiger partial charge in [0.15, 0.2) is 0 Å². The number of rotatable bonds is 4. The van der Waals surface area contributed by atoms with Crippen molar-refractivity contribution in [2.75, 3.05) is 5.32 Å². The molecule has 28 heavy (non-hydrogen) atoms. The molecule has 0 bridgehead atoms. The van der Waals surface area contributed by atoms with E-state index in [-0.39, 0.29) is 21.5 Å². The summed E-state index contributed by atoms with van der Waals surface area (Å²) in [6, 6.07) is 9.92. The standard InChI is InChI=1S/C21H16Cl2N2O3/c1-3-5-18(26)20(27)24-13-8-9-17-14(10-13)12(2)11-25(17)21(28)19-15(22)6-4-7-16(19)23/h3-11H,1-2H3,(H,24,27)/b5-3+. The maximum atomic E-state index is 13.0. The van der Waals surface area contributed by atoms with Gasteiger partial charge in [-0.3, -0.25) is 19.0 Å². The van der Waals surface area contributed by atoms with Gasteiger partial charge in [-0.2, -0.15) is 0 Å². The van der Waals surface area contributed by atoms with Crippen molar-refractivity contribution in [3.05, 3.63) is 75.9 Å². The van der Waals surface area contributed by atoms with E-state index in [9.17, 15) is 14.4 Å². The van der Waals surface area contributed by atoms with Crippen molar-refractivity contribution in [3.8, 4) is 0 Å². The van der Waals surface area contributed by atoms with Crippen LogP contribution in [0.5, 0.6) is 0 Å². The van der Waals surface area contributed by atoms with Crippen LogP contribution >= 0.6 is 23.2 Å². The number of nitrogens with one attached hydrogen (secondary N) is 1. The third-order valence-electron chi connectivity index (χ3n) is 4.20. The van der Waals surface area contributed by atoms with Crippen molar-refractivity contribution < 1.29 is 14.4 Å². The quantitative estimate of drug-likeness (QED) is 0.480. The number of aromatic nitrogens is 1. The SMILES string of the molecule is C/C=C/C(=O)C(=O)Nc1ccc2c(c1)c(C)cn2C(=O)c1c(Cl)cccc1Cl. The predicted molar refractivity (Wildman–Crippen MR) is 111 cm³/mol. The predicted octanol–water partition coefficient (Wildman–Crippen LogP) is 5.03. The summed E-state index contributed by atoms with van der Waals surface area (Å²) in [6.45, 7) is 3.50. The van der Waals surface area contributed by atoms with E-state index in [1.807, 2.05) is 6.92 Å². The molecule has 0 aliphatic heterocycles. The highest BCUT2D eigenvalue weighted by Crippen LogP contribution is 2.29. The van der Waals surface area contributed by atoms with Crippen molar-refractivity contribution in [3.63, 3.8) is 0 Å². The Kier molecular flexibility index (Phi) is 5.68. The van der Waals surface area contributed by atoms with Gasteiger partial charge in [-0.05, 0) is 55.8 Å². The molecule has 1 N–H and O–H groups in total. The van der Waals surface area contributed by atoms with Crippen LogP contribution in [0.2, 0.25) is 10.0 Å². The second-order valence-electron chi connectivity index (χ2n) is 6.13. The molecule has 142 valence electrons. The average molecular weight is 415 g/mol. The number of allylic oxidation sites excluding steroid dienone is 1. The molecule has 1 heterocycles. The topological polar surface area (TPSA) is 68.2 Å². The second kappa shape index (κ2) is 8.00. The maximum Gasteiger partial charge on any atom is 0.296 e. The highest BCUT2D eigenvalue weighted by atomic mass is 35.5. The van der Waals surface area contributed by atoms with Gasteiger partial charge >= 0.3 is 0 Å². The first-order chi connectivity index (χ1) is 13.3. The van der Waals surface area contributed by atoms with E-state index in [2.05, 4.69) is 5.32 Å². The van der Waals surface area contributed by atoms with Crippen LogP contribution in [-0.2, 0) is 9.59 Å². The van der Waals surface area contributed by atoms with Crippen molar-refractivity contribution in [2.24, 2.45) is 0 Å². The van der Waals surface area contributed by atoms with Crippen LogP contribution < -0.4 is 5.32 Å². The number of hydrogen-bond donors (Lipinski definition) is 1. The average Bonchev–Trinajstić information content (AvgIpc) is 2.98. The Labute approximate surface area is 171 Å². The number of carbonyl (C=O) groups is 3. The highest BCUT2D eigenvalue weighted by Gasteiger charge is 2.20. The van der Waals surface area contributed by atoms with E-state index >= 15 is 0 Å². The van der Waals surface area contributed by atoms with Gasteiger partial charge in [0.05, 0.1) is 21.1 Å². The summed E-state index contributed by atoms with van der Waals surface area (Å²) in [5.74, 6) is -1.72. The molecular formula is C21H16Cl2N2O3. The lowest BCUT2D eigenvalue weighted by molar-refractivity contribution is -0.131. The number of carbonyl (C=O) groups excluding carboxylic acids is 3. The molecule has 2 aromatic carbocycles. The number of anilines is 1. The van der Waals surface area contributed by atoms with Crippen molar-refractivity contribution in [1.82, 2.24) is 4.57 Å². The van der Waals surface area contributed by atoms with Crippen LogP contribution in [0.15, 0.2) is 54.7 Å². The first-order valence-corrected chi connectivity index (χ1v) is 9.17. The summed E-state index contributed by atoms with van der Waals surface area (Å²) in [7, 11) is 0. The van der Waals surface area contributed by atoms with Gasteiger partial charge in [0.1, 0.15) is 0 Å². The van der Waals surface area contributed by atoms with Crippen molar-refractivity contribution >= 4 is 57.4 Å². The molecule has 5 nitrogen and oxygen atoms in total. The number of halogens is 2. The summed E-state index contributed by atoms with van der Waals surface area (Å²) in [6.07, 6.45) is 4.38. The molecule has 1 amide bonds. The minimum Gasteiger partial charge on any atom is -0.319 e. The van der Waals surface area contributed by atoms with Crippen LogP contribution in [0, 0.1) is 6.92 Å². The Bertz CT molecular complexity index is 1130. The number of aryl methyl sites for hydroxylation is 1. The Morgan fingerprint density at radius 1 is 1.07 bits per heavy atom. The zero-order valence-corrected chi connectivity index (χ0v) is 16.6. The molecule has 0 unspecified atom stereocenters. The summed E-state index contributed by atoms with van der Waals surface area (Å²) in [5, 5.41) is 3.85. The first kappa shape index (κ1) is 19.9. The van der Waals surface area contributed by atoms with Gasteiger partial charge in [-0.25, -0.2) is 0 Å². The van der Waals surface area contributed by atoms with E-state index in [0.29, 0.717) is 11.2 Å². The minimum absolute atomic E-state index is 0.220. The summed E-state index contributed by atoms with van der Waals surface area (Å²) in [5.41, 5.74) is 2.13. The molecule has 0 atom stereocenters. The van der Waals surface area contributed by atoms with Crippen LogP contribution in [-0.4, -0.2) is 22.2 Å². The Hall–Kier alpha value is -2.89. The molecule has 3 aromatic rings. The zero-order chi connectivity index (χ0) is 20.4. The molecular weight excluding hydrogens is 399 g/mol. The monoisotopic (exact) mass is 414 g/mol. The lowest BCUT2D eigenvalue weighted by Gasteiger charge is -2.09. The first-order valence-electron chi connectivity index (χ1n) is 8.42. The fraction of sp³-hybridized carbons (Fsp3) is 0.0952. The van der Waals surface area contributed by atoms with Gasteiger partial charge in [-0.1, -0.05) is 35.3 Å². The van der Waals surface area contributed by atoms with E-state index < -0.39 is 11.7 Å². The fourth-order valence-electron chi connectivity index (χ4n) is 2.88. The molecule has 0 saturated carbocycles.